The minimum atomic E-state index is -4.33. The van der Waals surface area contributed by atoms with Crippen LogP contribution < -0.4 is 15.0 Å². The van der Waals surface area contributed by atoms with Gasteiger partial charge in [-0.1, -0.05) is 0 Å². The summed E-state index contributed by atoms with van der Waals surface area (Å²) in [5.41, 5.74) is 1.43. The molecule has 3 rings (SSSR count). The van der Waals surface area contributed by atoms with Gasteiger partial charge in [0.05, 0.1) is 24.5 Å². The van der Waals surface area contributed by atoms with E-state index in [0.29, 0.717) is 38.7 Å². The first-order chi connectivity index (χ1) is 13.4. The summed E-state index contributed by atoms with van der Waals surface area (Å²) in [7, 11) is 1.94. The van der Waals surface area contributed by atoms with Crippen molar-refractivity contribution >= 4 is 5.82 Å². The number of nitrogens with zero attached hydrogens (tertiary/aromatic N) is 3. The van der Waals surface area contributed by atoms with E-state index in [4.69, 9.17) is 9.47 Å². The third-order valence-electron chi connectivity index (χ3n) is 4.65. The molecule has 1 N–H and O–H groups in total. The quantitative estimate of drug-likeness (QED) is 0.727. The molecule has 1 aliphatic rings. The minimum Gasteiger partial charge on any atom is -0.492 e. The van der Waals surface area contributed by atoms with Crippen LogP contribution in [-0.2, 0) is 24.5 Å². The Hall–Kier alpha value is -2.26. The van der Waals surface area contributed by atoms with E-state index >= 15 is 0 Å². The molecule has 1 fully saturated rings. The monoisotopic (exact) mass is 398 g/mol. The lowest BCUT2D eigenvalue weighted by Gasteiger charge is -2.29. The number of halogens is 3. The third kappa shape index (κ3) is 4.96. The first kappa shape index (κ1) is 20.5. The zero-order valence-electron chi connectivity index (χ0n) is 16.1. The Morgan fingerprint density at radius 3 is 2.50 bits per heavy atom. The summed E-state index contributed by atoms with van der Waals surface area (Å²) < 4.78 is 50.5. The van der Waals surface area contributed by atoms with Crippen molar-refractivity contribution in [2.24, 2.45) is 7.05 Å². The molecule has 0 amide bonds. The molecule has 0 radical (unpaired) electrons. The largest absolute Gasteiger partial charge is 0.492 e. The van der Waals surface area contributed by atoms with Crippen LogP contribution >= 0.6 is 0 Å². The molecule has 0 saturated carbocycles. The van der Waals surface area contributed by atoms with Crippen molar-refractivity contribution in [3.8, 4) is 5.75 Å². The summed E-state index contributed by atoms with van der Waals surface area (Å²) in [6.45, 7) is 6.64. The van der Waals surface area contributed by atoms with Crippen LogP contribution in [0.4, 0.5) is 19.0 Å². The fourth-order valence-corrected chi connectivity index (χ4v) is 3.26. The van der Waals surface area contributed by atoms with E-state index < -0.39 is 11.7 Å². The van der Waals surface area contributed by atoms with E-state index in [-0.39, 0.29) is 0 Å². The van der Waals surface area contributed by atoms with Gasteiger partial charge < -0.3 is 19.7 Å². The second-order valence-electron chi connectivity index (χ2n) is 6.66. The molecule has 9 heteroatoms. The lowest BCUT2D eigenvalue weighted by molar-refractivity contribution is -0.137. The molecular formula is C19H25F3N4O2. The number of hydrogen-bond donors (Lipinski definition) is 1. The highest BCUT2D eigenvalue weighted by Crippen LogP contribution is 2.30. The van der Waals surface area contributed by atoms with E-state index in [0.717, 1.165) is 42.3 Å². The van der Waals surface area contributed by atoms with Crippen molar-refractivity contribution in [1.82, 2.24) is 15.1 Å². The number of rotatable bonds is 7. The Morgan fingerprint density at radius 2 is 1.86 bits per heavy atom. The maximum Gasteiger partial charge on any atom is 0.416 e. The molecule has 1 aromatic carbocycles. The molecule has 1 aliphatic heterocycles. The summed E-state index contributed by atoms with van der Waals surface area (Å²) in [4.78, 5) is 2.28. The van der Waals surface area contributed by atoms with Crippen molar-refractivity contribution in [3.63, 3.8) is 0 Å². The van der Waals surface area contributed by atoms with E-state index in [1.54, 1.807) is 0 Å². The van der Waals surface area contributed by atoms with Gasteiger partial charge >= 0.3 is 6.18 Å². The van der Waals surface area contributed by atoms with Crippen LogP contribution in [0.1, 0.15) is 16.8 Å². The zero-order valence-corrected chi connectivity index (χ0v) is 16.1. The summed E-state index contributed by atoms with van der Waals surface area (Å²) in [5.74, 6) is 1.51. The SMILES string of the molecule is Cc1nn(C)c(N2CCOCC2)c1CNCCOc1ccc(C(F)(F)F)cc1. The molecule has 154 valence electrons. The first-order valence-corrected chi connectivity index (χ1v) is 9.22. The smallest absolute Gasteiger partial charge is 0.416 e. The number of aryl methyl sites for hydroxylation is 2. The van der Waals surface area contributed by atoms with Crippen molar-refractivity contribution in [1.29, 1.82) is 0 Å². The molecule has 0 unspecified atom stereocenters. The van der Waals surface area contributed by atoms with Crippen LogP contribution in [0.5, 0.6) is 5.75 Å². The zero-order chi connectivity index (χ0) is 20.1. The lowest BCUT2D eigenvalue weighted by atomic mass is 10.2. The average molecular weight is 398 g/mol. The van der Waals surface area contributed by atoms with Crippen LogP contribution in [0.2, 0.25) is 0 Å². The number of aromatic nitrogens is 2. The fourth-order valence-electron chi connectivity index (χ4n) is 3.26. The van der Waals surface area contributed by atoms with Gasteiger partial charge in [-0.15, -0.1) is 0 Å². The molecule has 1 saturated heterocycles. The van der Waals surface area contributed by atoms with Crippen LogP contribution in [-0.4, -0.2) is 49.2 Å². The van der Waals surface area contributed by atoms with Gasteiger partial charge in [-0.25, -0.2) is 0 Å². The number of hydrogen-bond acceptors (Lipinski definition) is 5. The minimum absolute atomic E-state index is 0.359. The summed E-state index contributed by atoms with van der Waals surface area (Å²) in [5, 5.41) is 7.86. The predicted molar refractivity (Wildman–Crippen MR) is 99.6 cm³/mol. The molecule has 0 bridgehead atoms. The van der Waals surface area contributed by atoms with Gasteiger partial charge in [0.25, 0.3) is 0 Å². The number of ether oxygens (including phenoxy) is 2. The van der Waals surface area contributed by atoms with Crippen molar-refractivity contribution < 1.29 is 22.6 Å². The second kappa shape index (κ2) is 8.83. The van der Waals surface area contributed by atoms with Crippen molar-refractivity contribution in [2.45, 2.75) is 19.6 Å². The summed E-state index contributed by atoms with van der Waals surface area (Å²) in [6, 6.07) is 4.72. The van der Waals surface area contributed by atoms with Gasteiger partial charge in [-0.3, -0.25) is 4.68 Å². The average Bonchev–Trinajstić information content (AvgIpc) is 2.95. The third-order valence-corrected chi connectivity index (χ3v) is 4.65. The van der Waals surface area contributed by atoms with Gasteiger partial charge in [0.1, 0.15) is 18.2 Å². The number of alkyl halides is 3. The standard InChI is InChI=1S/C19H25F3N4O2/c1-14-17(18(25(2)24-14)26-8-11-27-12-9-26)13-23-7-10-28-16-5-3-15(4-6-16)19(20,21)22/h3-6,23H,7-13H2,1-2H3. The first-order valence-electron chi connectivity index (χ1n) is 9.22. The van der Waals surface area contributed by atoms with Gasteiger partial charge in [0, 0.05) is 38.8 Å². The maximum atomic E-state index is 12.6. The van der Waals surface area contributed by atoms with Crippen LogP contribution in [0.3, 0.4) is 0 Å². The molecule has 6 nitrogen and oxygen atoms in total. The summed E-state index contributed by atoms with van der Waals surface area (Å²) >= 11 is 0. The second-order valence-corrected chi connectivity index (χ2v) is 6.66. The Kier molecular flexibility index (Phi) is 6.46. The van der Waals surface area contributed by atoms with Gasteiger partial charge in [0.15, 0.2) is 0 Å². The molecule has 2 aromatic rings. The Balaban J connectivity index is 1.49. The number of anilines is 1. The molecular weight excluding hydrogens is 373 g/mol. The molecule has 0 atom stereocenters. The number of nitrogens with one attached hydrogen (secondary N) is 1. The number of benzene rings is 1. The maximum absolute atomic E-state index is 12.6. The molecule has 28 heavy (non-hydrogen) atoms. The van der Waals surface area contributed by atoms with Crippen molar-refractivity contribution in [2.75, 3.05) is 44.4 Å². The van der Waals surface area contributed by atoms with Gasteiger partial charge in [-0.05, 0) is 31.2 Å². The normalized spacial score (nSPS) is 15.1. The highest BCUT2D eigenvalue weighted by atomic mass is 19.4. The van der Waals surface area contributed by atoms with E-state index in [1.807, 2.05) is 18.7 Å². The lowest BCUT2D eigenvalue weighted by Crippen LogP contribution is -2.38. The Bertz CT molecular complexity index is 769. The van der Waals surface area contributed by atoms with Crippen molar-refractivity contribution in [3.05, 3.63) is 41.1 Å². The van der Waals surface area contributed by atoms with E-state index in [9.17, 15) is 13.2 Å². The van der Waals surface area contributed by atoms with Crippen LogP contribution in [0.15, 0.2) is 24.3 Å². The predicted octanol–water partition coefficient (Wildman–Crippen LogP) is 2.75. The molecule has 1 aromatic heterocycles. The fraction of sp³-hybridized carbons (Fsp3) is 0.526. The highest BCUT2D eigenvalue weighted by molar-refractivity contribution is 5.50. The van der Waals surface area contributed by atoms with Crippen LogP contribution in [0, 0.1) is 6.92 Å². The molecule has 2 heterocycles. The van der Waals surface area contributed by atoms with Crippen LogP contribution in [0.25, 0.3) is 0 Å². The van der Waals surface area contributed by atoms with Gasteiger partial charge in [0.2, 0.25) is 0 Å². The topological polar surface area (TPSA) is 51.5 Å². The number of morpholine rings is 1. The van der Waals surface area contributed by atoms with E-state index in [2.05, 4.69) is 15.3 Å². The molecule has 0 aliphatic carbocycles. The molecule has 0 spiro atoms. The highest BCUT2D eigenvalue weighted by Gasteiger charge is 2.30. The Morgan fingerprint density at radius 1 is 1.18 bits per heavy atom. The van der Waals surface area contributed by atoms with E-state index in [1.165, 1.54) is 12.1 Å². The van der Waals surface area contributed by atoms with Gasteiger partial charge in [-0.2, -0.15) is 18.3 Å². The Labute approximate surface area is 162 Å². The summed E-state index contributed by atoms with van der Waals surface area (Å²) in [6.07, 6.45) is -4.33.